The van der Waals surface area contributed by atoms with E-state index in [4.69, 9.17) is 9.47 Å². The summed E-state index contributed by atoms with van der Waals surface area (Å²) in [5.41, 5.74) is 1.11. The monoisotopic (exact) mass is 378 g/mol. The minimum Gasteiger partial charge on any atom is -0.368 e. The van der Waals surface area contributed by atoms with E-state index in [2.05, 4.69) is 5.32 Å². The van der Waals surface area contributed by atoms with Crippen LogP contribution in [-0.2, 0) is 30.0 Å². The molecular weight excluding hydrogens is 356 g/mol. The molecule has 8 heteroatoms. The van der Waals surface area contributed by atoms with E-state index < -0.39 is 16.1 Å². The van der Waals surface area contributed by atoms with E-state index in [0.717, 1.165) is 0 Å². The van der Waals surface area contributed by atoms with Crippen LogP contribution in [0.3, 0.4) is 0 Å². The van der Waals surface area contributed by atoms with Crippen molar-refractivity contribution in [3.63, 3.8) is 0 Å². The first kappa shape index (κ1) is 18.8. The number of rotatable bonds is 5. The average molecular weight is 378 g/mol. The Balaban J connectivity index is 1.64. The van der Waals surface area contributed by atoms with E-state index in [0.29, 0.717) is 11.3 Å². The summed E-state index contributed by atoms with van der Waals surface area (Å²) in [5, 5.41) is 2.77. The molecule has 0 spiro atoms. The first-order valence-electron chi connectivity index (χ1n) is 8.27. The number of benzene rings is 1. The van der Waals surface area contributed by atoms with Crippen LogP contribution in [0.2, 0.25) is 0 Å². The quantitative estimate of drug-likeness (QED) is 0.835. The zero-order valence-corrected chi connectivity index (χ0v) is 15.5. The van der Waals surface area contributed by atoms with Gasteiger partial charge < -0.3 is 14.8 Å². The van der Waals surface area contributed by atoms with E-state index in [1.807, 2.05) is 24.3 Å². The number of nitrogens with one attached hydrogen (secondary N) is 1. The number of nitrogens with zero attached hydrogens (tertiary/aromatic N) is 1. The van der Waals surface area contributed by atoms with E-state index in [1.54, 1.807) is 24.3 Å². The van der Waals surface area contributed by atoms with Crippen molar-refractivity contribution in [3.05, 3.63) is 54.1 Å². The fourth-order valence-corrected chi connectivity index (χ4v) is 3.56. The molecule has 0 unspecified atom stereocenters. The van der Waals surface area contributed by atoms with Gasteiger partial charge in [-0.2, -0.15) is 0 Å². The van der Waals surface area contributed by atoms with Crippen LogP contribution in [0.1, 0.15) is 5.56 Å². The van der Waals surface area contributed by atoms with Gasteiger partial charge in [-0.1, -0.05) is 36.4 Å². The van der Waals surface area contributed by atoms with Crippen LogP contribution >= 0.6 is 0 Å². The van der Waals surface area contributed by atoms with Gasteiger partial charge in [-0.05, 0) is 17.7 Å². The number of anilines is 1. The summed E-state index contributed by atoms with van der Waals surface area (Å²) in [6.45, 7) is 0.167. The fraction of sp³-hybridized carbons (Fsp3) is 0.389. The van der Waals surface area contributed by atoms with Crippen molar-refractivity contribution in [2.24, 2.45) is 0 Å². The lowest BCUT2D eigenvalue weighted by atomic mass is 10.1. The fourth-order valence-electron chi connectivity index (χ4n) is 2.71. The molecule has 1 aliphatic carbocycles. The van der Waals surface area contributed by atoms with Gasteiger partial charge in [0.25, 0.3) is 5.91 Å². The van der Waals surface area contributed by atoms with Crippen LogP contribution in [0.15, 0.2) is 48.6 Å². The van der Waals surface area contributed by atoms with Gasteiger partial charge in [0.1, 0.15) is 12.2 Å². The van der Waals surface area contributed by atoms with Crippen molar-refractivity contribution in [1.82, 2.24) is 4.31 Å². The average Bonchev–Trinajstić information content (AvgIpc) is 2.61. The molecule has 140 valence electrons. The van der Waals surface area contributed by atoms with Crippen LogP contribution in [0.5, 0.6) is 0 Å². The molecule has 2 aliphatic rings. The number of carbonyl (C=O) groups excluding carboxylic acids is 1. The molecule has 0 saturated carbocycles. The molecule has 0 radical (unpaired) electrons. The molecule has 1 N–H and O–H groups in total. The summed E-state index contributed by atoms with van der Waals surface area (Å²) in [4.78, 5) is 12.5. The summed E-state index contributed by atoms with van der Waals surface area (Å²) in [7, 11) is -0.389. The molecule has 1 saturated heterocycles. The Hall–Kier alpha value is -2.00. The number of allylic oxidation sites excluding steroid dienone is 2. The van der Waals surface area contributed by atoms with Crippen LogP contribution in [-0.4, -0.2) is 57.6 Å². The number of fused-ring (bicyclic) bond motifs is 1. The maximum Gasteiger partial charge on any atom is 0.255 e. The summed E-state index contributed by atoms with van der Waals surface area (Å²) in [6, 6.07) is 6.77. The van der Waals surface area contributed by atoms with Crippen molar-refractivity contribution >= 4 is 21.6 Å². The Morgan fingerprint density at radius 3 is 2.69 bits per heavy atom. The van der Waals surface area contributed by atoms with E-state index in [1.165, 1.54) is 18.4 Å². The molecule has 1 aromatic rings. The zero-order chi connectivity index (χ0) is 18.7. The van der Waals surface area contributed by atoms with E-state index in [9.17, 15) is 13.2 Å². The standard InChI is InChI=1S/C18H22N2O5S/c1-20(2)26(22,23)12-13-6-5-7-14(10-13)19-18(21)17-11-24-15-8-3-4-9-16(15)25-17/h3-10,15-17H,11-12H2,1-2H3,(H,19,21)/t15-,16-,17+/m1/s1. The lowest BCUT2D eigenvalue weighted by Crippen LogP contribution is -2.47. The maximum absolute atomic E-state index is 12.5. The minimum absolute atomic E-state index is 0.131. The Labute approximate surface area is 153 Å². The van der Waals surface area contributed by atoms with E-state index >= 15 is 0 Å². The van der Waals surface area contributed by atoms with Gasteiger partial charge in [0.15, 0.2) is 6.10 Å². The van der Waals surface area contributed by atoms with Crippen LogP contribution < -0.4 is 5.32 Å². The summed E-state index contributed by atoms with van der Waals surface area (Å²) in [5.74, 6) is -0.452. The smallest absolute Gasteiger partial charge is 0.255 e. The second-order valence-corrected chi connectivity index (χ2v) is 8.57. The van der Waals surface area contributed by atoms with Gasteiger partial charge in [0, 0.05) is 19.8 Å². The first-order chi connectivity index (χ1) is 12.3. The van der Waals surface area contributed by atoms with Crippen molar-refractivity contribution in [1.29, 1.82) is 0 Å². The number of amides is 1. The minimum atomic E-state index is -3.37. The first-order valence-corrected chi connectivity index (χ1v) is 9.88. The predicted molar refractivity (Wildman–Crippen MR) is 98.1 cm³/mol. The highest BCUT2D eigenvalue weighted by molar-refractivity contribution is 7.88. The predicted octanol–water partition coefficient (Wildman–Crippen LogP) is 1.30. The maximum atomic E-state index is 12.5. The summed E-state index contributed by atoms with van der Waals surface area (Å²) in [6.07, 6.45) is 6.34. The lowest BCUT2D eigenvalue weighted by molar-refractivity contribution is -0.164. The SMILES string of the molecule is CN(C)S(=O)(=O)Cc1cccc(NC(=O)[C@@H]2CO[C@@H]3C=CC=C[C@H]3O2)c1. The van der Waals surface area contributed by atoms with E-state index in [-0.39, 0.29) is 30.5 Å². The van der Waals surface area contributed by atoms with Crippen LogP contribution in [0.25, 0.3) is 0 Å². The molecule has 3 atom stereocenters. The van der Waals surface area contributed by atoms with Gasteiger partial charge >= 0.3 is 0 Å². The van der Waals surface area contributed by atoms with Crippen molar-refractivity contribution in [2.75, 3.05) is 26.0 Å². The molecule has 1 aliphatic heterocycles. The summed E-state index contributed by atoms with van der Waals surface area (Å²) < 4.78 is 36.6. The molecule has 0 bridgehead atoms. The third kappa shape index (κ3) is 4.39. The third-order valence-electron chi connectivity index (χ3n) is 4.19. The van der Waals surface area contributed by atoms with Crippen molar-refractivity contribution in [3.8, 4) is 0 Å². The Morgan fingerprint density at radius 1 is 1.23 bits per heavy atom. The second-order valence-electron chi connectivity index (χ2n) is 6.39. The molecule has 1 fully saturated rings. The van der Waals surface area contributed by atoms with Crippen LogP contribution in [0, 0.1) is 0 Å². The number of sulfonamides is 1. The zero-order valence-electron chi connectivity index (χ0n) is 14.7. The highest BCUT2D eigenvalue weighted by Gasteiger charge is 2.33. The normalized spacial score (nSPS) is 25.1. The van der Waals surface area contributed by atoms with Gasteiger partial charge in [-0.15, -0.1) is 0 Å². The Morgan fingerprint density at radius 2 is 1.96 bits per heavy atom. The molecule has 3 rings (SSSR count). The molecular formula is C18H22N2O5S. The third-order valence-corrected chi connectivity index (χ3v) is 6.00. The molecule has 7 nitrogen and oxygen atoms in total. The molecule has 1 amide bonds. The van der Waals surface area contributed by atoms with Gasteiger partial charge in [-0.25, -0.2) is 12.7 Å². The van der Waals surface area contributed by atoms with Crippen molar-refractivity contribution in [2.45, 2.75) is 24.1 Å². The molecule has 1 aromatic carbocycles. The molecule has 1 heterocycles. The number of carbonyl (C=O) groups is 1. The highest BCUT2D eigenvalue weighted by Crippen LogP contribution is 2.21. The Bertz CT molecular complexity index is 832. The topological polar surface area (TPSA) is 84.9 Å². The number of ether oxygens (including phenoxy) is 2. The lowest BCUT2D eigenvalue weighted by Gasteiger charge is -2.34. The number of hydrogen-bond donors (Lipinski definition) is 1. The highest BCUT2D eigenvalue weighted by atomic mass is 32.2. The number of hydrogen-bond acceptors (Lipinski definition) is 5. The molecule has 26 heavy (non-hydrogen) atoms. The van der Waals surface area contributed by atoms with Gasteiger partial charge in [-0.3, -0.25) is 4.79 Å². The molecule has 0 aromatic heterocycles. The second kappa shape index (κ2) is 7.71. The largest absolute Gasteiger partial charge is 0.368 e. The van der Waals surface area contributed by atoms with Crippen molar-refractivity contribution < 1.29 is 22.7 Å². The van der Waals surface area contributed by atoms with Gasteiger partial charge in [0.05, 0.1) is 12.4 Å². The van der Waals surface area contributed by atoms with Gasteiger partial charge in [0.2, 0.25) is 10.0 Å². The summed E-state index contributed by atoms with van der Waals surface area (Å²) >= 11 is 0. The van der Waals surface area contributed by atoms with Crippen LogP contribution in [0.4, 0.5) is 5.69 Å². The Kier molecular flexibility index (Phi) is 5.57.